The second-order valence-corrected chi connectivity index (χ2v) is 4.55. The molecule has 0 radical (unpaired) electrons. The van der Waals surface area contributed by atoms with Gasteiger partial charge in [-0.15, -0.1) is 0 Å². The first-order valence-corrected chi connectivity index (χ1v) is 5.54. The number of hydrogen-bond acceptors (Lipinski definition) is 1. The van der Waals surface area contributed by atoms with Crippen molar-refractivity contribution >= 4 is 5.91 Å². The zero-order valence-electron chi connectivity index (χ0n) is 9.66. The molecule has 0 unspecified atom stereocenters. The third kappa shape index (κ3) is 1.94. The number of halogens is 1. The molecule has 0 aliphatic carbocycles. The Bertz CT molecular complexity index is 410. The Morgan fingerprint density at radius 3 is 2.69 bits per heavy atom. The molecule has 1 aromatic rings. The van der Waals surface area contributed by atoms with Crippen molar-refractivity contribution in [3.8, 4) is 0 Å². The van der Waals surface area contributed by atoms with Crippen molar-refractivity contribution in [1.29, 1.82) is 0 Å². The predicted molar refractivity (Wildman–Crippen MR) is 61.3 cm³/mol. The van der Waals surface area contributed by atoms with Crippen LogP contribution in [0.5, 0.6) is 0 Å². The second kappa shape index (κ2) is 4.24. The van der Waals surface area contributed by atoms with E-state index in [1.165, 1.54) is 0 Å². The summed E-state index contributed by atoms with van der Waals surface area (Å²) in [5, 5.41) is 0. The number of aryl methyl sites for hydroxylation is 2. The Morgan fingerprint density at radius 2 is 2.12 bits per heavy atom. The maximum atomic E-state index is 12.3. The number of rotatable bonds is 2. The van der Waals surface area contributed by atoms with Crippen molar-refractivity contribution in [3.63, 3.8) is 0 Å². The summed E-state index contributed by atoms with van der Waals surface area (Å²) < 4.78 is 12.3. The number of carbonyl (C=O) groups excluding carboxylic acids is 1. The number of benzene rings is 1. The standard InChI is InChI=1S/C13H16FNO/c1-9-3-4-12(10(2)5-9)13(16)15-7-11(6-14)8-15/h3-5,11H,6-8H2,1-2H3. The lowest BCUT2D eigenvalue weighted by Gasteiger charge is -2.38. The fraction of sp³-hybridized carbons (Fsp3) is 0.462. The summed E-state index contributed by atoms with van der Waals surface area (Å²) in [4.78, 5) is 13.7. The number of likely N-dealkylation sites (tertiary alicyclic amines) is 1. The quantitative estimate of drug-likeness (QED) is 0.750. The maximum absolute atomic E-state index is 12.3. The van der Waals surface area contributed by atoms with Gasteiger partial charge >= 0.3 is 0 Å². The Kier molecular flexibility index (Phi) is 2.95. The summed E-state index contributed by atoms with van der Waals surface area (Å²) in [6.07, 6.45) is 0. The van der Waals surface area contributed by atoms with Crippen molar-refractivity contribution in [2.75, 3.05) is 19.8 Å². The minimum absolute atomic E-state index is 0.0298. The summed E-state index contributed by atoms with van der Waals surface area (Å²) in [5.41, 5.74) is 2.89. The molecule has 0 saturated carbocycles. The number of carbonyl (C=O) groups is 1. The number of alkyl halides is 1. The van der Waals surface area contributed by atoms with Crippen LogP contribution in [0, 0.1) is 19.8 Å². The van der Waals surface area contributed by atoms with Gasteiger partial charge in [0.25, 0.3) is 5.91 Å². The summed E-state index contributed by atoms with van der Waals surface area (Å²) >= 11 is 0. The van der Waals surface area contributed by atoms with Crippen molar-refractivity contribution in [1.82, 2.24) is 4.90 Å². The van der Waals surface area contributed by atoms with Gasteiger partial charge in [-0.3, -0.25) is 9.18 Å². The monoisotopic (exact) mass is 221 g/mol. The average Bonchev–Trinajstić information content (AvgIpc) is 2.15. The average molecular weight is 221 g/mol. The van der Waals surface area contributed by atoms with Gasteiger partial charge in [0.15, 0.2) is 0 Å². The molecule has 0 bridgehead atoms. The lowest BCUT2D eigenvalue weighted by Crippen LogP contribution is -2.50. The van der Waals surface area contributed by atoms with Gasteiger partial charge in [-0.1, -0.05) is 17.7 Å². The molecular weight excluding hydrogens is 205 g/mol. The molecule has 1 amide bonds. The van der Waals surface area contributed by atoms with E-state index in [9.17, 15) is 9.18 Å². The molecule has 16 heavy (non-hydrogen) atoms. The van der Waals surface area contributed by atoms with Crippen molar-refractivity contribution in [2.45, 2.75) is 13.8 Å². The Labute approximate surface area is 95.1 Å². The molecule has 2 nitrogen and oxygen atoms in total. The van der Waals surface area contributed by atoms with Gasteiger partial charge in [0.1, 0.15) is 0 Å². The molecular formula is C13H16FNO. The molecule has 2 rings (SSSR count). The zero-order valence-corrected chi connectivity index (χ0v) is 9.66. The first-order valence-electron chi connectivity index (χ1n) is 5.54. The molecule has 0 spiro atoms. The Morgan fingerprint density at radius 1 is 1.44 bits per heavy atom. The minimum Gasteiger partial charge on any atom is -0.338 e. The van der Waals surface area contributed by atoms with Gasteiger partial charge < -0.3 is 4.90 Å². The minimum atomic E-state index is -0.323. The van der Waals surface area contributed by atoms with E-state index in [0.717, 1.165) is 16.7 Å². The van der Waals surface area contributed by atoms with Crippen molar-refractivity contribution in [3.05, 3.63) is 34.9 Å². The molecule has 86 valence electrons. The van der Waals surface area contributed by atoms with E-state index in [1.54, 1.807) is 4.90 Å². The van der Waals surface area contributed by atoms with E-state index in [4.69, 9.17) is 0 Å². The van der Waals surface area contributed by atoms with Gasteiger partial charge in [-0.2, -0.15) is 0 Å². The highest BCUT2D eigenvalue weighted by atomic mass is 19.1. The van der Waals surface area contributed by atoms with Crippen LogP contribution in [0.3, 0.4) is 0 Å². The maximum Gasteiger partial charge on any atom is 0.254 e. The van der Waals surface area contributed by atoms with Crippen LogP contribution >= 0.6 is 0 Å². The molecule has 1 aliphatic heterocycles. The summed E-state index contributed by atoms with van der Waals surface area (Å²) in [6.45, 7) is 4.73. The third-order valence-corrected chi connectivity index (χ3v) is 3.07. The normalized spacial score (nSPS) is 16.1. The highest BCUT2D eigenvalue weighted by molar-refractivity contribution is 5.96. The summed E-state index contributed by atoms with van der Waals surface area (Å²) in [6, 6.07) is 5.79. The van der Waals surface area contributed by atoms with E-state index in [1.807, 2.05) is 32.0 Å². The molecule has 0 atom stereocenters. The van der Waals surface area contributed by atoms with Gasteiger partial charge in [0.2, 0.25) is 0 Å². The summed E-state index contributed by atoms with van der Waals surface area (Å²) in [7, 11) is 0. The van der Waals surface area contributed by atoms with Crippen LogP contribution in [-0.4, -0.2) is 30.6 Å². The largest absolute Gasteiger partial charge is 0.338 e. The van der Waals surface area contributed by atoms with E-state index in [-0.39, 0.29) is 18.5 Å². The van der Waals surface area contributed by atoms with E-state index in [2.05, 4.69) is 0 Å². The predicted octanol–water partition coefficient (Wildman–Crippen LogP) is 2.34. The molecule has 1 fully saturated rings. The fourth-order valence-electron chi connectivity index (χ4n) is 2.06. The van der Waals surface area contributed by atoms with Crippen LogP contribution < -0.4 is 0 Å². The van der Waals surface area contributed by atoms with Crippen LogP contribution in [0.4, 0.5) is 4.39 Å². The summed E-state index contributed by atoms with van der Waals surface area (Å²) in [5.74, 6) is 0.0805. The SMILES string of the molecule is Cc1ccc(C(=O)N2CC(CF)C2)c(C)c1. The topological polar surface area (TPSA) is 20.3 Å². The fourth-order valence-corrected chi connectivity index (χ4v) is 2.06. The molecule has 1 aliphatic rings. The molecule has 0 N–H and O–H groups in total. The van der Waals surface area contributed by atoms with Crippen molar-refractivity contribution < 1.29 is 9.18 Å². The second-order valence-electron chi connectivity index (χ2n) is 4.55. The Balaban J connectivity index is 2.10. The van der Waals surface area contributed by atoms with Crippen LogP contribution in [0.25, 0.3) is 0 Å². The molecule has 1 heterocycles. The van der Waals surface area contributed by atoms with E-state index in [0.29, 0.717) is 13.1 Å². The molecule has 0 aromatic heterocycles. The van der Waals surface area contributed by atoms with E-state index >= 15 is 0 Å². The highest BCUT2D eigenvalue weighted by Gasteiger charge is 2.31. The van der Waals surface area contributed by atoms with Crippen LogP contribution in [0.15, 0.2) is 18.2 Å². The van der Waals surface area contributed by atoms with Crippen LogP contribution in [-0.2, 0) is 0 Å². The highest BCUT2D eigenvalue weighted by Crippen LogP contribution is 2.21. The van der Waals surface area contributed by atoms with E-state index < -0.39 is 0 Å². The molecule has 1 aromatic carbocycles. The molecule has 1 saturated heterocycles. The van der Waals surface area contributed by atoms with Gasteiger partial charge in [0, 0.05) is 24.6 Å². The van der Waals surface area contributed by atoms with Gasteiger partial charge in [0.05, 0.1) is 6.67 Å². The lowest BCUT2D eigenvalue weighted by molar-refractivity contribution is 0.0452. The number of nitrogens with zero attached hydrogens (tertiary/aromatic N) is 1. The third-order valence-electron chi connectivity index (χ3n) is 3.07. The number of amides is 1. The van der Waals surface area contributed by atoms with Crippen molar-refractivity contribution in [2.24, 2.45) is 5.92 Å². The van der Waals surface area contributed by atoms with Crippen LogP contribution in [0.2, 0.25) is 0 Å². The molecule has 3 heteroatoms. The van der Waals surface area contributed by atoms with Gasteiger partial charge in [-0.25, -0.2) is 0 Å². The van der Waals surface area contributed by atoms with Gasteiger partial charge in [-0.05, 0) is 25.5 Å². The first kappa shape index (κ1) is 11.1. The lowest BCUT2D eigenvalue weighted by atomic mass is 9.98. The smallest absolute Gasteiger partial charge is 0.254 e. The zero-order chi connectivity index (χ0) is 11.7. The Hall–Kier alpha value is -1.38. The first-order chi connectivity index (χ1) is 7.61. The van der Waals surface area contributed by atoms with Crippen LogP contribution in [0.1, 0.15) is 21.5 Å². The number of hydrogen-bond donors (Lipinski definition) is 0.